The monoisotopic (exact) mass is 312 g/mol. The zero-order valence-corrected chi connectivity index (χ0v) is 13.1. The van der Waals surface area contributed by atoms with Crippen LogP contribution in [0.5, 0.6) is 0 Å². The summed E-state index contributed by atoms with van der Waals surface area (Å²) in [4.78, 5) is 32.8. The Morgan fingerprint density at radius 2 is 2.09 bits per heavy atom. The zero-order valence-electron chi connectivity index (χ0n) is 13.1. The van der Waals surface area contributed by atoms with Gasteiger partial charge in [0.05, 0.1) is 0 Å². The molecule has 6 heteroatoms. The van der Waals surface area contributed by atoms with Gasteiger partial charge in [-0.25, -0.2) is 4.98 Å². The number of nitrogens with one attached hydrogen (secondary N) is 2. The number of aromatic nitrogens is 2. The number of aromatic amines is 1. The summed E-state index contributed by atoms with van der Waals surface area (Å²) >= 11 is 0. The summed E-state index contributed by atoms with van der Waals surface area (Å²) < 4.78 is 0. The molecule has 1 fully saturated rings. The van der Waals surface area contributed by atoms with Gasteiger partial charge in [0.15, 0.2) is 5.78 Å². The Morgan fingerprint density at radius 1 is 1.30 bits per heavy atom. The van der Waals surface area contributed by atoms with Crippen molar-refractivity contribution in [3.8, 4) is 0 Å². The van der Waals surface area contributed by atoms with Crippen LogP contribution in [0.25, 0.3) is 0 Å². The average molecular weight is 312 g/mol. The number of nitrogens with zero attached hydrogens (tertiary/aromatic N) is 2. The van der Waals surface area contributed by atoms with Crippen molar-refractivity contribution in [2.45, 2.75) is 26.3 Å². The third-order valence-corrected chi connectivity index (χ3v) is 4.03. The van der Waals surface area contributed by atoms with Crippen LogP contribution in [0.3, 0.4) is 0 Å². The lowest BCUT2D eigenvalue weighted by Crippen LogP contribution is -2.23. The van der Waals surface area contributed by atoms with E-state index in [9.17, 15) is 9.59 Å². The molecule has 6 nitrogen and oxygen atoms in total. The van der Waals surface area contributed by atoms with Crippen LogP contribution >= 0.6 is 0 Å². The van der Waals surface area contributed by atoms with Gasteiger partial charge in [0.25, 0.3) is 5.91 Å². The Kier molecular flexibility index (Phi) is 4.41. The molecule has 0 radical (unpaired) electrons. The highest BCUT2D eigenvalue weighted by atomic mass is 16.2. The fourth-order valence-electron chi connectivity index (χ4n) is 2.66. The highest BCUT2D eigenvalue weighted by Crippen LogP contribution is 2.17. The number of rotatable bonds is 5. The highest BCUT2D eigenvalue weighted by molar-refractivity contribution is 5.99. The van der Waals surface area contributed by atoms with Crippen LogP contribution in [0.15, 0.2) is 30.6 Å². The number of hydrogen-bond acceptors (Lipinski definition) is 4. The fourth-order valence-corrected chi connectivity index (χ4v) is 2.66. The number of H-pyrrole nitrogens is 1. The summed E-state index contributed by atoms with van der Waals surface area (Å²) in [6.07, 6.45) is 5.78. The minimum absolute atomic E-state index is 0.0676. The molecule has 120 valence electrons. The van der Waals surface area contributed by atoms with E-state index in [0.717, 1.165) is 24.5 Å². The van der Waals surface area contributed by atoms with Gasteiger partial charge in [0, 0.05) is 37.6 Å². The molecule has 2 aromatic heterocycles. The van der Waals surface area contributed by atoms with E-state index in [4.69, 9.17) is 0 Å². The van der Waals surface area contributed by atoms with Crippen LogP contribution in [-0.4, -0.2) is 34.7 Å². The van der Waals surface area contributed by atoms with Crippen LogP contribution in [0.4, 0.5) is 5.82 Å². The standard InChI is InChI=1S/C17H20N4O2/c1-12(22)14-8-15(18-11-14)17(23)20-10-13-4-5-16(19-9-13)21-6-2-3-7-21/h4-5,8-9,11,18H,2-3,6-7,10H2,1H3,(H,20,23). The quantitative estimate of drug-likeness (QED) is 0.829. The van der Waals surface area contributed by atoms with Gasteiger partial charge in [-0.3, -0.25) is 9.59 Å². The molecule has 2 aromatic rings. The molecule has 3 heterocycles. The molecule has 1 saturated heterocycles. The smallest absolute Gasteiger partial charge is 0.267 e. The summed E-state index contributed by atoms with van der Waals surface area (Å²) in [6.45, 7) is 4.00. The van der Waals surface area contributed by atoms with Crippen molar-refractivity contribution in [2.75, 3.05) is 18.0 Å². The molecule has 3 rings (SSSR count). The second-order valence-electron chi connectivity index (χ2n) is 5.76. The number of hydrogen-bond donors (Lipinski definition) is 2. The topological polar surface area (TPSA) is 78.1 Å². The van der Waals surface area contributed by atoms with Crippen molar-refractivity contribution < 1.29 is 9.59 Å². The predicted molar refractivity (Wildman–Crippen MR) is 87.7 cm³/mol. The minimum Gasteiger partial charge on any atom is -0.357 e. The SMILES string of the molecule is CC(=O)c1c[nH]c(C(=O)NCc2ccc(N3CCCC3)nc2)c1. The first kappa shape index (κ1) is 15.3. The maximum absolute atomic E-state index is 12.0. The first-order valence-electron chi connectivity index (χ1n) is 7.81. The number of pyridine rings is 1. The van der Waals surface area contributed by atoms with Crippen molar-refractivity contribution in [2.24, 2.45) is 0 Å². The van der Waals surface area contributed by atoms with Crippen LogP contribution in [0.1, 0.15) is 46.2 Å². The van der Waals surface area contributed by atoms with E-state index >= 15 is 0 Å². The maximum Gasteiger partial charge on any atom is 0.267 e. The first-order valence-corrected chi connectivity index (χ1v) is 7.81. The molecule has 0 aliphatic carbocycles. The van der Waals surface area contributed by atoms with Gasteiger partial charge in [0.1, 0.15) is 11.5 Å². The van der Waals surface area contributed by atoms with Gasteiger partial charge in [0.2, 0.25) is 0 Å². The van der Waals surface area contributed by atoms with Gasteiger partial charge in [-0.1, -0.05) is 6.07 Å². The summed E-state index contributed by atoms with van der Waals surface area (Å²) in [6, 6.07) is 5.54. The molecule has 23 heavy (non-hydrogen) atoms. The third-order valence-electron chi connectivity index (χ3n) is 4.03. The molecule has 2 N–H and O–H groups in total. The van der Waals surface area contributed by atoms with Crippen LogP contribution in [-0.2, 0) is 6.54 Å². The number of ketones is 1. The van der Waals surface area contributed by atoms with Gasteiger partial charge in [-0.15, -0.1) is 0 Å². The van der Waals surface area contributed by atoms with E-state index in [1.54, 1.807) is 18.5 Å². The molecular formula is C17H20N4O2. The van der Waals surface area contributed by atoms with Gasteiger partial charge >= 0.3 is 0 Å². The predicted octanol–water partition coefficient (Wildman–Crippen LogP) is 2.14. The largest absolute Gasteiger partial charge is 0.357 e. The molecule has 0 atom stereocenters. The van der Waals surface area contributed by atoms with Crippen molar-refractivity contribution >= 4 is 17.5 Å². The van der Waals surface area contributed by atoms with E-state index in [2.05, 4.69) is 20.2 Å². The molecule has 0 spiro atoms. The highest BCUT2D eigenvalue weighted by Gasteiger charge is 2.13. The fraction of sp³-hybridized carbons (Fsp3) is 0.353. The Morgan fingerprint density at radius 3 is 2.70 bits per heavy atom. The maximum atomic E-state index is 12.0. The van der Waals surface area contributed by atoms with Gasteiger partial charge < -0.3 is 15.2 Å². The van der Waals surface area contributed by atoms with E-state index in [0.29, 0.717) is 17.8 Å². The minimum atomic E-state index is -0.235. The third kappa shape index (κ3) is 3.59. The normalized spacial score (nSPS) is 14.0. The Hall–Kier alpha value is -2.63. The van der Waals surface area contributed by atoms with Crippen molar-refractivity contribution in [3.05, 3.63) is 47.4 Å². The average Bonchev–Trinajstić information content (AvgIpc) is 3.24. The van der Waals surface area contributed by atoms with E-state index in [1.807, 2.05) is 12.1 Å². The number of amides is 1. The Bertz CT molecular complexity index is 700. The second-order valence-corrected chi connectivity index (χ2v) is 5.76. The van der Waals surface area contributed by atoms with Gasteiger partial charge in [-0.05, 0) is 37.5 Å². The van der Waals surface area contributed by atoms with Crippen molar-refractivity contribution in [3.63, 3.8) is 0 Å². The van der Waals surface area contributed by atoms with Crippen molar-refractivity contribution in [1.29, 1.82) is 0 Å². The molecule has 0 saturated carbocycles. The molecule has 0 aromatic carbocycles. The molecule has 1 aliphatic heterocycles. The van der Waals surface area contributed by atoms with Crippen LogP contribution < -0.4 is 10.2 Å². The first-order chi connectivity index (χ1) is 11.1. The lowest BCUT2D eigenvalue weighted by Gasteiger charge is -2.16. The molecule has 1 amide bonds. The number of Topliss-reactive ketones (excluding diaryl/α,β-unsaturated/α-hetero) is 1. The summed E-state index contributed by atoms with van der Waals surface area (Å²) in [5, 5.41) is 2.82. The molecule has 0 bridgehead atoms. The summed E-state index contributed by atoms with van der Waals surface area (Å²) in [5.41, 5.74) is 1.84. The molecule has 0 unspecified atom stereocenters. The second kappa shape index (κ2) is 6.64. The lowest BCUT2D eigenvalue weighted by molar-refractivity contribution is 0.0946. The van der Waals surface area contributed by atoms with Crippen LogP contribution in [0, 0.1) is 0 Å². The zero-order chi connectivity index (χ0) is 16.2. The summed E-state index contributed by atoms with van der Waals surface area (Å²) in [5.74, 6) is 0.691. The van der Waals surface area contributed by atoms with Crippen LogP contribution in [0.2, 0.25) is 0 Å². The number of anilines is 1. The number of carbonyl (C=O) groups excluding carboxylic acids is 2. The molecule has 1 aliphatic rings. The van der Waals surface area contributed by atoms with E-state index < -0.39 is 0 Å². The van der Waals surface area contributed by atoms with E-state index in [1.165, 1.54) is 19.8 Å². The van der Waals surface area contributed by atoms with E-state index in [-0.39, 0.29) is 11.7 Å². The summed E-state index contributed by atoms with van der Waals surface area (Å²) in [7, 11) is 0. The Labute approximate surface area is 134 Å². The van der Waals surface area contributed by atoms with Gasteiger partial charge in [-0.2, -0.15) is 0 Å². The van der Waals surface area contributed by atoms with Crippen molar-refractivity contribution in [1.82, 2.24) is 15.3 Å². The number of carbonyl (C=O) groups is 2. The molecular weight excluding hydrogens is 292 g/mol. The Balaban J connectivity index is 1.56. The lowest BCUT2D eigenvalue weighted by atomic mass is 10.2.